The highest BCUT2D eigenvalue weighted by atomic mass is 35.5. The lowest BCUT2D eigenvalue weighted by Gasteiger charge is -2.37. The number of ketones is 1. The van der Waals surface area contributed by atoms with Gasteiger partial charge in [-0.05, 0) is 62.1 Å². The molecule has 1 aliphatic heterocycles. The second-order valence-electron chi connectivity index (χ2n) is 9.79. The Labute approximate surface area is 209 Å². The molecule has 1 saturated heterocycles. The molecule has 1 heterocycles. The number of carbonyl (C=O) groups is 3. The average molecular weight is 506 g/mol. The van der Waals surface area contributed by atoms with Gasteiger partial charge in [-0.2, -0.15) is 5.26 Å². The predicted molar refractivity (Wildman–Crippen MR) is 127 cm³/mol. The van der Waals surface area contributed by atoms with Crippen molar-refractivity contribution in [1.82, 2.24) is 10.2 Å². The van der Waals surface area contributed by atoms with E-state index in [0.29, 0.717) is 41.6 Å². The predicted octanol–water partition coefficient (Wildman–Crippen LogP) is 4.30. The zero-order chi connectivity index (χ0) is 24.3. The fraction of sp³-hybridized carbons (Fsp3) is 0.600. The highest BCUT2D eigenvalue weighted by Crippen LogP contribution is 2.50. The maximum atomic E-state index is 13.2. The minimum atomic E-state index is -0.751. The number of carbonyl (C=O) groups excluding carboxylic acids is 3. The minimum absolute atomic E-state index is 0.0446. The zero-order valence-electron chi connectivity index (χ0n) is 19.0. The molecule has 4 rings (SSSR count). The van der Waals surface area contributed by atoms with E-state index in [1.54, 1.807) is 17.0 Å². The number of nitrogens with zero attached hydrogens (tertiary/aromatic N) is 2. The number of hydrogen-bond acceptors (Lipinski definition) is 5. The lowest BCUT2D eigenvalue weighted by atomic mass is 9.67. The number of rotatable bonds is 7. The SMILES string of the molecule is N#C[C@H](C[C@@H]1CCCCC1=O)NC(=O)[C@@H]1CC2(CCC2)CN1C(=O)COc1ccc(Cl)cc1Cl. The van der Waals surface area contributed by atoms with Crippen LogP contribution < -0.4 is 10.1 Å². The van der Waals surface area contributed by atoms with Gasteiger partial charge in [0.2, 0.25) is 5.91 Å². The van der Waals surface area contributed by atoms with Gasteiger partial charge in [-0.15, -0.1) is 0 Å². The van der Waals surface area contributed by atoms with E-state index >= 15 is 0 Å². The smallest absolute Gasteiger partial charge is 0.261 e. The number of ether oxygens (including phenoxy) is 1. The fourth-order valence-electron chi connectivity index (χ4n) is 5.41. The molecular weight excluding hydrogens is 477 g/mol. The molecule has 3 fully saturated rings. The minimum Gasteiger partial charge on any atom is -0.482 e. The number of likely N-dealkylation sites (tertiary alicyclic amines) is 1. The second-order valence-corrected chi connectivity index (χ2v) is 10.6. The van der Waals surface area contributed by atoms with E-state index in [4.69, 9.17) is 27.9 Å². The molecule has 1 N–H and O–H groups in total. The molecule has 34 heavy (non-hydrogen) atoms. The highest BCUT2D eigenvalue weighted by molar-refractivity contribution is 6.35. The van der Waals surface area contributed by atoms with Gasteiger partial charge in [-0.25, -0.2) is 0 Å². The molecule has 0 bridgehead atoms. The average Bonchev–Trinajstić information content (AvgIpc) is 3.21. The van der Waals surface area contributed by atoms with E-state index in [1.807, 2.05) is 0 Å². The van der Waals surface area contributed by atoms with Gasteiger partial charge in [-0.3, -0.25) is 14.4 Å². The first-order chi connectivity index (χ1) is 16.3. The zero-order valence-corrected chi connectivity index (χ0v) is 20.5. The Hall–Kier alpha value is -2.30. The van der Waals surface area contributed by atoms with Crippen molar-refractivity contribution in [1.29, 1.82) is 5.26 Å². The van der Waals surface area contributed by atoms with Crippen molar-refractivity contribution in [3.05, 3.63) is 28.2 Å². The van der Waals surface area contributed by atoms with Crippen LogP contribution in [-0.2, 0) is 14.4 Å². The molecule has 1 aromatic carbocycles. The van der Waals surface area contributed by atoms with Gasteiger partial charge in [0.05, 0.1) is 11.1 Å². The van der Waals surface area contributed by atoms with E-state index < -0.39 is 12.1 Å². The summed E-state index contributed by atoms with van der Waals surface area (Å²) in [6.45, 7) is 0.249. The maximum absolute atomic E-state index is 13.2. The van der Waals surface area contributed by atoms with Crippen LogP contribution in [0.1, 0.15) is 57.8 Å². The molecule has 1 spiro atoms. The summed E-state index contributed by atoms with van der Waals surface area (Å²) >= 11 is 12.1. The Morgan fingerprint density at radius 1 is 1.26 bits per heavy atom. The number of Topliss-reactive ketones (excluding diaryl/α,β-unsaturated/α-hetero) is 1. The third kappa shape index (κ3) is 5.50. The Morgan fingerprint density at radius 3 is 2.71 bits per heavy atom. The summed E-state index contributed by atoms with van der Waals surface area (Å²) in [5.74, 6) is -0.303. The van der Waals surface area contributed by atoms with Crippen molar-refractivity contribution in [3.8, 4) is 11.8 Å². The van der Waals surface area contributed by atoms with E-state index in [-0.39, 0.29) is 35.5 Å². The number of hydrogen-bond donors (Lipinski definition) is 1. The Kier molecular flexibility index (Phi) is 7.69. The van der Waals surface area contributed by atoms with Gasteiger partial charge in [0.15, 0.2) is 6.61 Å². The summed E-state index contributed by atoms with van der Waals surface area (Å²) in [4.78, 5) is 40.1. The van der Waals surface area contributed by atoms with Crippen LogP contribution in [0, 0.1) is 22.7 Å². The number of halogens is 2. The summed E-state index contributed by atoms with van der Waals surface area (Å²) in [5, 5.41) is 13.2. The van der Waals surface area contributed by atoms with Gasteiger partial charge in [0.1, 0.15) is 23.6 Å². The van der Waals surface area contributed by atoms with Crippen LogP contribution in [0.4, 0.5) is 0 Å². The standard InChI is InChI=1S/C25H29Cl2N3O4/c26-17-6-7-22(19(27)11-17)34-14-23(32)30-15-25(8-3-9-25)12-20(30)24(33)29-18(13-28)10-16-4-1-2-5-21(16)31/h6-7,11,16,18,20H,1-5,8-10,12,14-15H2,(H,29,33)/t16-,18-,20-/m0/s1. The van der Waals surface area contributed by atoms with Crippen LogP contribution in [0.2, 0.25) is 10.0 Å². The molecule has 3 aliphatic rings. The number of benzene rings is 1. The molecule has 182 valence electrons. The molecule has 2 aliphatic carbocycles. The Morgan fingerprint density at radius 2 is 2.06 bits per heavy atom. The number of nitrogens with one attached hydrogen (secondary N) is 1. The summed E-state index contributed by atoms with van der Waals surface area (Å²) < 4.78 is 5.63. The van der Waals surface area contributed by atoms with Crippen molar-refractivity contribution in [2.45, 2.75) is 69.9 Å². The van der Waals surface area contributed by atoms with Crippen molar-refractivity contribution >= 4 is 40.8 Å². The first-order valence-electron chi connectivity index (χ1n) is 11.9. The van der Waals surface area contributed by atoms with Crippen LogP contribution in [0.25, 0.3) is 0 Å². The molecular formula is C25H29Cl2N3O4. The molecule has 0 radical (unpaired) electrons. The van der Waals surface area contributed by atoms with Crippen LogP contribution >= 0.6 is 23.2 Å². The van der Waals surface area contributed by atoms with Crippen LogP contribution in [-0.4, -0.2) is 47.7 Å². The largest absolute Gasteiger partial charge is 0.482 e. The number of nitriles is 1. The van der Waals surface area contributed by atoms with Crippen molar-refractivity contribution in [3.63, 3.8) is 0 Å². The summed E-state index contributed by atoms with van der Waals surface area (Å²) in [6.07, 6.45) is 7.09. The van der Waals surface area contributed by atoms with E-state index in [1.165, 1.54) is 6.07 Å². The highest BCUT2D eigenvalue weighted by Gasteiger charge is 2.51. The van der Waals surface area contributed by atoms with Gasteiger partial charge in [0.25, 0.3) is 5.91 Å². The summed E-state index contributed by atoms with van der Waals surface area (Å²) in [7, 11) is 0. The van der Waals surface area contributed by atoms with Gasteiger partial charge in [-0.1, -0.05) is 36.0 Å². The van der Waals surface area contributed by atoms with Gasteiger partial charge in [0, 0.05) is 23.9 Å². The normalized spacial score (nSPS) is 24.3. The van der Waals surface area contributed by atoms with Gasteiger partial charge < -0.3 is 15.0 Å². The molecule has 0 unspecified atom stereocenters. The van der Waals surface area contributed by atoms with E-state index in [9.17, 15) is 19.6 Å². The molecule has 7 nitrogen and oxygen atoms in total. The van der Waals surface area contributed by atoms with E-state index in [2.05, 4.69) is 11.4 Å². The second kappa shape index (κ2) is 10.5. The number of amides is 2. The molecule has 2 saturated carbocycles. The van der Waals surface area contributed by atoms with Crippen molar-refractivity contribution in [2.24, 2.45) is 11.3 Å². The fourth-order valence-corrected chi connectivity index (χ4v) is 5.87. The third-order valence-corrected chi connectivity index (χ3v) is 7.99. The van der Waals surface area contributed by atoms with Crippen LogP contribution in [0.5, 0.6) is 5.75 Å². The monoisotopic (exact) mass is 505 g/mol. The quantitative estimate of drug-likeness (QED) is 0.595. The summed E-state index contributed by atoms with van der Waals surface area (Å²) in [5.41, 5.74) is -0.0446. The van der Waals surface area contributed by atoms with Crippen LogP contribution in [0.15, 0.2) is 18.2 Å². The van der Waals surface area contributed by atoms with E-state index in [0.717, 1.165) is 38.5 Å². The Balaban J connectivity index is 1.40. The molecule has 2 amide bonds. The summed E-state index contributed by atoms with van der Waals surface area (Å²) in [6, 6.07) is 5.49. The maximum Gasteiger partial charge on any atom is 0.261 e. The van der Waals surface area contributed by atoms with Crippen LogP contribution in [0.3, 0.4) is 0 Å². The van der Waals surface area contributed by atoms with Crippen molar-refractivity contribution in [2.75, 3.05) is 13.2 Å². The lowest BCUT2D eigenvalue weighted by Crippen LogP contribution is -2.50. The van der Waals surface area contributed by atoms with Gasteiger partial charge >= 0.3 is 0 Å². The molecule has 3 atom stereocenters. The first kappa shape index (κ1) is 24.8. The van der Waals surface area contributed by atoms with Crippen molar-refractivity contribution < 1.29 is 19.1 Å². The first-order valence-corrected chi connectivity index (χ1v) is 12.7. The molecule has 9 heteroatoms. The molecule has 1 aromatic rings. The molecule has 0 aromatic heterocycles. The Bertz CT molecular complexity index is 1000. The third-order valence-electron chi connectivity index (χ3n) is 7.46. The lowest BCUT2D eigenvalue weighted by molar-refractivity contribution is -0.140. The topological polar surface area (TPSA) is 99.5 Å².